The summed E-state index contributed by atoms with van der Waals surface area (Å²) in [5.74, 6) is 1.98. The van der Waals surface area contributed by atoms with Gasteiger partial charge >= 0.3 is 0 Å². The topological polar surface area (TPSA) is 100 Å². The number of benzene rings is 2. The highest BCUT2D eigenvalue weighted by Crippen LogP contribution is 2.38. The molecule has 0 spiro atoms. The second-order valence-corrected chi connectivity index (χ2v) is 9.99. The van der Waals surface area contributed by atoms with Crippen LogP contribution in [-0.4, -0.2) is 52.0 Å². The van der Waals surface area contributed by atoms with E-state index in [1.54, 1.807) is 0 Å². The minimum absolute atomic E-state index is 0.0301. The minimum atomic E-state index is 0.0301. The fourth-order valence-corrected chi connectivity index (χ4v) is 5.81. The van der Waals surface area contributed by atoms with Crippen molar-refractivity contribution in [1.82, 2.24) is 19.3 Å². The number of nitrogens with zero attached hydrogens (tertiary/aromatic N) is 5. The van der Waals surface area contributed by atoms with Gasteiger partial charge in [-0.2, -0.15) is 5.10 Å². The number of aryl methyl sites for hydroxylation is 1. The van der Waals surface area contributed by atoms with Crippen LogP contribution in [0, 0.1) is 0 Å². The van der Waals surface area contributed by atoms with Gasteiger partial charge in [0.2, 0.25) is 6.41 Å². The molecule has 0 radical (unpaired) electrons. The van der Waals surface area contributed by atoms with Gasteiger partial charge in [0, 0.05) is 49.8 Å². The van der Waals surface area contributed by atoms with Crippen LogP contribution < -0.4 is 15.4 Å². The molecule has 2 saturated heterocycles. The van der Waals surface area contributed by atoms with Crippen LogP contribution in [0.15, 0.2) is 48.7 Å². The Morgan fingerprint density at radius 3 is 2.47 bits per heavy atom. The summed E-state index contributed by atoms with van der Waals surface area (Å²) < 4.78 is 16.6. The van der Waals surface area contributed by atoms with E-state index in [-0.39, 0.29) is 12.6 Å². The molecule has 2 N–H and O–H groups in total. The largest absolute Gasteiger partial charge is 0.491 e. The fourth-order valence-electron chi connectivity index (χ4n) is 5.81. The Morgan fingerprint density at radius 1 is 0.921 bits per heavy atom. The van der Waals surface area contributed by atoms with E-state index in [1.807, 2.05) is 10.9 Å². The standard InChI is InChI=1S/C28H31N5O2.CH3NO/c1-4-16-35-26(6-1)33-24(11-12-29-33)20-7-9-21(10-8-20)28-30-23-18-22(31-13-2-3-14-31)19-25-27(23)32(28)15-5-17-34-25;2-1-3/h7-12,18-19,26H,1-6,13-17H2;1H,(H2,2,3). The van der Waals surface area contributed by atoms with Crippen LogP contribution in [0.1, 0.15) is 44.8 Å². The van der Waals surface area contributed by atoms with Crippen LogP contribution in [0.2, 0.25) is 0 Å². The van der Waals surface area contributed by atoms with Crippen molar-refractivity contribution in [3.8, 4) is 28.4 Å². The first-order chi connectivity index (χ1) is 18.8. The molecular weight excluding hydrogens is 480 g/mol. The normalized spacial score (nSPS) is 18.9. The van der Waals surface area contributed by atoms with E-state index in [0.29, 0.717) is 0 Å². The molecular formula is C29H34N6O3. The average Bonchev–Trinajstić information content (AvgIpc) is 3.70. The first kappa shape index (κ1) is 24.5. The number of nitrogens with two attached hydrogens (primary N) is 1. The third-order valence-electron chi connectivity index (χ3n) is 7.58. The molecule has 1 unspecified atom stereocenters. The maximum Gasteiger partial charge on any atom is 0.204 e. The van der Waals surface area contributed by atoms with Crippen LogP contribution in [0.5, 0.6) is 5.75 Å². The van der Waals surface area contributed by atoms with E-state index >= 15 is 0 Å². The van der Waals surface area contributed by atoms with Crippen molar-refractivity contribution >= 4 is 23.1 Å². The van der Waals surface area contributed by atoms with Crippen molar-refractivity contribution in [2.24, 2.45) is 5.73 Å². The van der Waals surface area contributed by atoms with E-state index in [9.17, 15) is 0 Å². The van der Waals surface area contributed by atoms with Gasteiger partial charge in [-0.25, -0.2) is 9.67 Å². The van der Waals surface area contributed by atoms with Gasteiger partial charge in [0.25, 0.3) is 0 Å². The lowest BCUT2D eigenvalue weighted by Gasteiger charge is -2.24. The molecule has 2 aromatic carbocycles. The molecule has 2 fully saturated rings. The minimum Gasteiger partial charge on any atom is -0.491 e. The Labute approximate surface area is 222 Å². The second kappa shape index (κ2) is 10.9. The van der Waals surface area contributed by atoms with Gasteiger partial charge in [-0.1, -0.05) is 24.3 Å². The number of carbonyl (C=O) groups excluding carboxylic acids is 1. The monoisotopic (exact) mass is 514 g/mol. The van der Waals surface area contributed by atoms with Crippen molar-refractivity contribution < 1.29 is 14.3 Å². The molecule has 4 aromatic rings. The molecule has 38 heavy (non-hydrogen) atoms. The number of anilines is 1. The lowest BCUT2D eigenvalue weighted by Crippen LogP contribution is -2.19. The first-order valence-electron chi connectivity index (χ1n) is 13.6. The second-order valence-electron chi connectivity index (χ2n) is 9.99. The number of amides is 1. The van der Waals surface area contributed by atoms with Crippen molar-refractivity contribution in [2.45, 2.75) is 51.3 Å². The lowest BCUT2D eigenvalue weighted by atomic mass is 10.1. The zero-order valence-electron chi connectivity index (χ0n) is 21.6. The third kappa shape index (κ3) is 4.62. The summed E-state index contributed by atoms with van der Waals surface area (Å²) in [6, 6.07) is 15.3. The van der Waals surface area contributed by atoms with Crippen molar-refractivity contribution in [1.29, 1.82) is 0 Å². The Bertz CT molecular complexity index is 1400. The van der Waals surface area contributed by atoms with E-state index in [1.165, 1.54) is 24.9 Å². The summed E-state index contributed by atoms with van der Waals surface area (Å²) in [6.07, 6.45) is 8.97. The highest BCUT2D eigenvalue weighted by molar-refractivity contribution is 5.90. The van der Waals surface area contributed by atoms with E-state index in [4.69, 9.17) is 19.3 Å². The number of ether oxygens (including phenoxy) is 2. The molecule has 2 aromatic heterocycles. The third-order valence-corrected chi connectivity index (χ3v) is 7.58. The number of imidazole rings is 1. The lowest BCUT2D eigenvalue weighted by molar-refractivity contribution is -0.106. The summed E-state index contributed by atoms with van der Waals surface area (Å²) in [5, 5.41) is 4.58. The zero-order valence-corrected chi connectivity index (χ0v) is 21.6. The number of aromatic nitrogens is 4. The molecule has 9 nitrogen and oxygen atoms in total. The maximum absolute atomic E-state index is 8.58. The Balaban J connectivity index is 0.000000843. The van der Waals surface area contributed by atoms with Crippen LogP contribution in [0.3, 0.4) is 0 Å². The fraction of sp³-hybridized carbons (Fsp3) is 0.414. The molecule has 7 rings (SSSR count). The van der Waals surface area contributed by atoms with Crippen molar-refractivity contribution in [3.63, 3.8) is 0 Å². The SMILES string of the molecule is NC=O.c1cc(-c2ccc(-c3nc4cc(N5CCCC5)cc5c4n3CCCO5)cc2)n(C2CCCCO2)n1. The summed E-state index contributed by atoms with van der Waals surface area (Å²) >= 11 is 0. The molecule has 3 aliphatic rings. The summed E-state index contributed by atoms with van der Waals surface area (Å²) in [5.41, 5.74) is 10.9. The van der Waals surface area contributed by atoms with Gasteiger partial charge in [-0.15, -0.1) is 0 Å². The van der Waals surface area contributed by atoms with E-state index in [0.717, 1.165) is 91.5 Å². The van der Waals surface area contributed by atoms with Gasteiger partial charge in [0.15, 0.2) is 6.23 Å². The first-order valence-corrected chi connectivity index (χ1v) is 13.6. The number of carbonyl (C=O) groups is 1. The predicted molar refractivity (Wildman–Crippen MR) is 147 cm³/mol. The van der Waals surface area contributed by atoms with Crippen LogP contribution in [0.25, 0.3) is 33.7 Å². The Hall–Kier alpha value is -3.85. The van der Waals surface area contributed by atoms with Crippen LogP contribution in [0.4, 0.5) is 5.69 Å². The van der Waals surface area contributed by atoms with Gasteiger partial charge < -0.3 is 24.7 Å². The van der Waals surface area contributed by atoms with E-state index in [2.05, 4.69) is 62.8 Å². The number of rotatable bonds is 4. The summed E-state index contributed by atoms with van der Waals surface area (Å²) in [6.45, 7) is 4.69. The van der Waals surface area contributed by atoms with Crippen molar-refractivity contribution in [3.05, 3.63) is 48.7 Å². The highest BCUT2D eigenvalue weighted by atomic mass is 16.5. The van der Waals surface area contributed by atoms with Crippen LogP contribution >= 0.6 is 0 Å². The molecule has 198 valence electrons. The molecule has 3 aliphatic heterocycles. The number of hydrogen-bond donors (Lipinski definition) is 1. The van der Waals surface area contributed by atoms with Gasteiger partial charge in [-0.3, -0.25) is 4.79 Å². The molecule has 0 aliphatic carbocycles. The molecule has 1 atom stereocenters. The average molecular weight is 515 g/mol. The predicted octanol–water partition coefficient (Wildman–Crippen LogP) is 4.75. The molecule has 1 amide bonds. The van der Waals surface area contributed by atoms with Gasteiger partial charge in [-0.05, 0) is 56.2 Å². The van der Waals surface area contributed by atoms with Gasteiger partial charge in [0.05, 0.1) is 17.8 Å². The zero-order chi connectivity index (χ0) is 25.9. The highest BCUT2D eigenvalue weighted by Gasteiger charge is 2.23. The van der Waals surface area contributed by atoms with Gasteiger partial charge in [0.1, 0.15) is 17.1 Å². The molecule has 0 saturated carbocycles. The Kier molecular flexibility index (Phi) is 7.00. The summed E-state index contributed by atoms with van der Waals surface area (Å²) in [4.78, 5) is 16.2. The Morgan fingerprint density at radius 2 is 1.71 bits per heavy atom. The smallest absolute Gasteiger partial charge is 0.204 e. The maximum atomic E-state index is 8.58. The van der Waals surface area contributed by atoms with Crippen molar-refractivity contribution in [2.75, 3.05) is 31.2 Å². The molecule has 5 heterocycles. The molecule has 0 bridgehead atoms. The number of primary amides is 1. The summed E-state index contributed by atoms with van der Waals surface area (Å²) in [7, 11) is 0. The number of hydrogen-bond acceptors (Lipinski definition) is 6. The quantitative estimate of drug-likeness (QED) is 0.395. The van der Waals surface area contributed by atoms with Crippen LogP contribution in [-0.2, 0) is 16.1 Å². The van der Waals surface area contributed by atoms with E-state index < -0.39 is 0 Å². The molecule has 9 heteroatoms.